The molecule has 0 aliphatic carbocycles. The van der Waals surface area contributed by atoms with Crippen molar-refractivity contribution < 1.29 is 24.7 Å². The summed E-state index contributed by atoms with van der Waals surface area (Å²) in [6.45, 7) is 5.02. The van der Waals surface area contributed by atoms with E-state index >= 15 is 0 Å². The number of nitro groups is 1. The summed E-state index contributed by atoms with van der Waals surface area (Å²) < 4.78 is 1.90. The number of aromatic nitrogens is 2. The number of imidazole rings is 1. The van der Waals surface area contributed by atoms with E-state index in [2.05, 4.69) is 48.4 Å². The number of carboxylic acids is 2. The number of aliphatic carboxylic acids is 2. The van der Waals surface area contributed by atoms with Crippen LogP contribution in [-0.2, 0) is 23.2 Å². The number of hydrogen-bond donors (Lipinski definition) is 3. The Morgan fingerprint density at radius 2 is 1.75 bits per heavy atom. The first-order chi connectivity index (χ1) is 15.1. The van der Waals surface area contributed by atoms with Gasteiger partial charge in [-0.05, 0) is 17.0 Å². The Balaban J connectivity index is 0.000000534. The lowest BCUT2D eigenvalue weighted by Crippen LogP contribution is -2.09. The van der Waals surface area contributed by atoms with E-state index in [9.17, 15) is 10.1 Å². The van der Waals surface area contributed by atoms with Crippen LogP contribution >= 0.6 is 0 Å². The molecule has 1 aromatic heterocycles. The number of nitrogens with one attached hydrogen (secondary N) is 1. The quantitative estimate of drug-likeness (QED) is 0.297. The fourth-order valence-electron chi connectivity index (χ4n) is 2.82. The number of nitrogens with zero attached hydrogens (tertiary/aromatic N) is 3. The van der Waals surface area contributed by atoms with E-state index in [-0.39, 0.29) is 10.6 Å². The summed E-state index contributed by atoms with van der Waals surface area (Å²) in [5.41, 5.74) is 4.16. The highest BCUT2D eigenvalue weighted by atomic mass is 16.6. The van der Waals surface area contributed by atoms with Crippen LogP contribution < -0.4 is 5.32 Å². The van der Waals surface area contributed by atoms with Gasteiger partial charge in [0.2, 0.25) is 5.95 Å². The Bertz CT molecular complexity index is 1090. The maximum atomic E-state index is 11.0. The number of rotatable bonds is 6. The maximum absolute atomic E-state index is 11.0. The monoisotopic (exact) mass is 440 g/mol. The minimum atomic E-state index is -1.82. The Morgan fingerprint density at radius 3 is 2.28 bits per heavy atom. The first kappa shape index (κ1) is 24.1. The van der Waals surface area contributed by atoms with Crippen LogP contribution in [0.2, 0.25) is 0 Å². The lowest BCUT2D eigenvalue weighted by Gasteiger charge is -2.10. The molecule has 0 bridgehead atoms. The van der Waals surface area contributed by atoms with Crippen LogP contribution in [0, 0.1) is 10.1 Å². The summed E-state index contributed by atoms with van der Waals surface area (Å²) in [5.74, 6) is -2.41. The van der Waals surface area contributed by atoms with Crippen LogP contribution in [0.1, 0.15) is 30.9 Å². The smallest absolute Gasteiger partial charge is 0.414 e. The van der Waals surface area contributed by atoms with Gasteiger partial charge in [-0.1, -0.05) is 50.2 Å². The predicted octanol–water partition coefficient (Wildman–Crippen LogP) is 3.89. The average molecular weight is 440 g/mol. The van der Waals surface area contributed by atoms with Crippen molar-refractivity contribution in [3.63, 3.8) is 0 Å². The van der Waals surface area contributed by atoms with Crippen LogP contribution in [0.5, 0.6) is 0 Å². The van der Waals surface area contributed by atoms with Crippen molar-refractivity contribution in [2.24, 2.45) is 7.05 Å². The van der Waals surface area contributed by atoms with Gasteiger partial charge in [-0.25, -0.2) is 14.6 Å². The molecule has 1 heterocycles. The van der Waals surface area contributed by atoms with Crippen molar-refractivity contribution in [2.75, 3.05) is 5.32 Å². The molecule has 0 amide bonds. The zero-order chi connectivity index (χ0) is 23.8. The number of non-ortho nitro benzene ring substituents is 1. The Labute approximate surface area is 184 Å². The number of anilines is 1. The number of nitro benzene ring substituents is 1. The highest BCUT2D eigenvalue weighted by Gasteiger charge is 2.12. The van der Waals surface area contributed by atoms with Gasteiger partial charge in [-0.3, -0.25) is 10.1 Å². The summed E-state index contributed by atoms with van der Waals surface area (Å²) in [7, 11) is 1.89. The second-order valence-corrected chi connectivity index (χ2v) is 7.19. The van der Waals surface area contributed by atoms with Gasteiger partial charge in [0, 0.05) is 31.3 Å². The van der Waals surface area contributed by atoms with Crippen molar-refractivity contribution in [1.29, 1.82) is 0 Å². The Kier molecular flexibility index (Phi) is 8.05. The van der Waals surface area contributed by atoms with Gasteiger partial charge in [0.25, 0.3) is 5.69 Å². The van der Waals surface area contributed by atoms with Gasteiger partial charge in [0.1, 0.15) is 0 Å². The van der Waals surface area contributed by atoms with Gasteiger partial charge in [-0.2, -0.15) is 0 Å². The van der Waals surface area contributed by atoms with Gasteiger partial charge in [0.05, 0.1) is 16.8 Å². The van der Waals surface area contributed by atoms with E-state index in [4.69, 9.17) is 19.8 Å². The largest absolute Gasteiger partial charge is 0.473 e. The summed E-state index contributed by atoms with van der Waals surface area (Å²) in [4.78, 5) is 33.2. The summed E-state index contributed by atoms with van der Waals surface area (Å²) >= 11 is 0. The molecule has 3 aromatic rings. The van der Waals surface area contributed by atoms with E-state index in [0.717, 1.165) is 17.2 Å². The maximum Gasteiger partial charge on any atom is 0.414 e. The second kappa shape index (κ2) is 10.7. The molecule has 0 aliphatic heterocycles. The van der Waals surface area contributed by atoms with Crippen molar-refractivity contribution in [2.45, 2.75) is 26.3 Å². The zero-order valence-electron chi connectivity index (χ0n) is 17.8. The molecule has 10 heteroatoms. The molecule has 0 aliphatic rings. The lowest BCUT2D eigenvalue weighted by molar-refractivity contribution is -0.384. The van der Waals surface area contributed by atoms with Crippen LogP contribution in [0.4, 0.5) is 11.6 Å². The molecule has 0 unspecified atom stereocenters. The third-order valence-corrected chi connectivity index (χ3v) is 4.62. The second-order valence-electron chi connectivity index (χ2n) is 7.19. The van der Waals surface area contributed by atoms with Crippen molar-refractivity contribution in [3.8, 4) is 11.3 Å². The van der Waals surface area contributed by atoms with Crippen molar-refractivity contribution >= 4 is 23.6 Å². The molecule has 0 saturated heterocycles. The minimum absolute atomic E-state index is 0.0726. The molecule has 2 aromatic carbocycles. The molecule has 0 fully saturated rings. The first-order valence-corrected chi connectivity index (χ1v) is 9.65. The van der Waals surface area contributed by atoms with Crippen LogP contribution in [0.3, 0.4) is 0 Å². The number of benzene rings is 2. The van der Waals surface area contributed by atoms with E-state index in [0.29, 0.717) is 12.5 Å². The molecule has 10 nitrogen and oxygen atoms in total. The Morgan fingerprint density at radius 1 is 1.12 bits per heavy atom. The van der Waals surface area contributed by atoms with E-state index < -0.39 is 11.9 Å². The number of carboxylic acid groups (broad SMARTS) is 2. The zero-order valence-corrected chi connectivity index (χ0v) is 17.8. The third-order valence-electron chi connectivity index (χ3n) is 4.62. The molecular weight excluding hydrogens is 416 g/mol. The normalized spacial score (nSPS) is 10.2. The third kappa shape index (κ3) is 6.39. The fourth-order valence-corrected chi connectivity index (χ4v) is 2.82. The minimum Gasteiger partial charge on any atom is -0.473 e. The van der Waals surface area contributed by atoms with Crippen molar-refractivity contribution in [1.82, 2.24) is 9.55 Å². The lowest BCUT2D eigenvalue weighted by atomic mass is 10.0. The summed E-state index contributed by atoms with van der Waals surface area (Å²) in [6, 6.07) is 15.1. The Hall–Kier alpha value is -4.21. The molecular formula is C22H24N4O6. The number of carbonyl (C=O) groups is 2. The molecule has 32 heavy (non-hydrogen) atoms. The molecule has 0 saturated carbocycles. The number of hydrogen-bond acceptors (Lipinski definition) is 6. The summed E-state index contributed by atoms with van der Waals surface area (Å²) in [6.07, 6.45) is 1.73. The van der Waals surface area contributed by atoms with E-state index in [1.165, 1.54) is 17.2 Å². The molecule has 0 atom stereocenters. The SMILES string of the molecule is CC(C)c1ccc(CNc2ncc(-c3cccc([N+](=O)[O-])c3)n2C)cc1.O=C(O)C(=O)O. The van der Waals surface area contributed by atoms with E-state index in [1.54, 1.807) is 18.3 Å². The van der Waals surface area contributed by atoms with Gasteiger partial charge in [0.15, 0.2) is 0 Å². The average Bonchev–Trinajstić information content (AvgIpc) is 3.13. The highest BCUT2D eigenvalue weighted by molar-refractivity contribution is 6.27. The van der Waals surface area contributed by atoms with Crippen LogP contribution in [0.15, 0.2) is 54.7 Å². The molecule has 168 valence electrons. The van der Waals surface area contributed by atoms with Crippen molar-refractivity contribution in [3.05, 3.63) is 76.0 Å². The fraction of sp³-hybridized carbons (Fsp3) is 0.227. The standard InChI is InChI=1S/C20H22N4O2.C2H2O4/c1-14(2)16-9-7-15(8-10-16)12-21-20-22-13-19(23(20)3)17-5-4-6-18(11-17)24(25)26;3-1(4)2(5)6/h4-11,13-14H,12H2,1-3H3,(H,21,22);(H,3,4)(H,5,6). The molecule has 3 rings (SSSR count). The topological polar surface area (TPSA) is 148 Å². The predicted molar refractivity (Wildman–Crippen MR) is 118 cm³/mol. The first-order valence-electron chi connectivity index (χ1n) is 9.65. The molecule has 0 spiro atoms. The van der Waals surface area contributed by atoms with E-state index in [1.807, 2.05) is 17.7 Å². The van der Waals surface area contributed by atoms with Gasteiger partial charge >= 0.3 is 11.9 Å². The van der Waals surface area contributed by atoms with Crippen LogP contribution in [0.25, 0.3) is 11.3 Å². The summed E-state index contributed by atoms with van der Waals surface area (Å²) in [5, 5.41) is 29.1. The highest BCUT2D eigenvalue weighted by Crippen LogP contribution is 2.25. The van der Waals surface area contributed by atoms with Gasteiger partial charge in [-0.15, -0.1) is 0 Å². The molecule has 0 radical (unpaired) electrons. The van der Waals surface area contributed by atoms with Crippen LogP contribution in [-0.4, -0.2) is 36.6 Å². The molecule has 3 N–H and O–H groups in total. The van der Waals surface area contributed by atoms with Gasteiger partial charge < -0.3 is 20.1 Å².